The van der Waals surface area contributed by atoms with Gasteiger partial charge in [0.2, 0.25) is 0 Å². The van der Waals surface area contributed by atoms with Gasteiger partial charge in [-0.25, -0.2) is 4.79 Å². The van der Waals surface area contributed by atoms with Crippen molar-refractivity contribution < 1.29 is 9.53 Å². The van der Waals surface area contributed by atoms with Crippen LogP contribution in [0.25, 0.3) is 0 Å². The molecule has 0 bridgehead atoms. The van der Waals surface area contributed by atoms with Crippen LogP contribution in [0.4, 0.5) is 4.79 Å². The lowest BCUT2D eigenvalue weighted by Gasteiger charge is -2.35. The van der Waals surface area contributed by atoms with E-state index in [-0.39, 0.29) is 12.1 Å². The molecule has 6 heteroatoms. The van der Waals surface area contributed by atoms with Crippen molar-refractivity contribution in [1.29, 1.82) is 0 Å². The summed E-state index contributed by atoms with van der Waals surface area (Å²) in [5.74, 6) is 0. The standard InChI is InChI=1S/C14H23N3O2S/c1-12(11-19-2)15-14(18)17-7-5-16(6-8-17)10-13-4-3-9-20-13/h3-4,9,12H,5-8,10-11H2,1-2H3,(H,15,18). The largest absolute Gasteiger partial charge is 0.383 e. The number of carbonyl (C=O) groups is 1. The quantitative estimate of drug-likeness (QED) is 0.898. The van der Waals surface area contributed by atoms with E-state index >= 15 is 0 Å². The molecule has 1 atom stereocenters. The van der Waals surface area contributed by atoms with Gasteiger partial charge in [-0.2, -0.15) is 0 Å². The van der Waals surface area contributed by atoms with E-state index in [1.54, 1.807) is 18.4 Å². The molecule has 1 saturated heterocycles. The Morgan fingerprint density at radius 2 is 2.20 bits per heavy atom. The van der Waals surface area contributed by atoms with Crippen molar-refractivity contribution in [3.63, 3.8) is 0 Å². The Hall–Kier alpha value is -1.11. The molecular formula is C14H23N3O2S. The molecular weight excluding hydrogens is 274 g/mol. The summed E-state index contributed by atoms with van der Waals surface area (Å²) < 4.78 is 5.03. The number of thiophene rings is 1. The number of ether oxygens (including phenoxy) is 1. The summed E-state index contributed by atoms with van der Waals surface area (Å²) in [5, 5.41) is 5.06. The van der Waals surface area contributed by atoms with Crippen molar-refractivity contribution in [2.45, 2.75) is 19.5 Å². The van der Waals surface area contributed by atoms with Crippen LogP contribution in [0.5, 0.6) is 0 Å². The van der Waals surface area contributed by atoms with E-state index in [9.17, 15) is 4.79 Å². The lowest BCUT2D eigenvalue weighted by molar-refractivity contribution is 0.126. The van der Waals surface area contributed by atoms with Crippen LogP contribution < -0.4 is 5.32 Å². The Morgan fingerprint density at radius 3 is 2.80 bits per heavy atom. The molecule has 0 aromatic carbocycles. The zero-order valence-electron chi connectivity index (χ0n) is 12.2. The van der Waals surface area contributed by atoms with Crippen LogP contribution in [-0.4, -0.2) is 61.8 Å². The maximum absolute atomic E-state index is 12.0. The first-order chi connectivity index (χ1) is 9.69. The SMILES string of the molecule is COCC(C)NC(=O)N1CCN(Cc2cccs2)CC1. The van der Waals surface area contributed by atoms with Gasteiger partial charge in [-0.05, 0) is 18.4 Å². The highest BCUT2D eigenvalue weighted by Crippen LogP contribution is 2.13. The van der Waals surface area contributed by atoms with E-state index in [4.69, 9.17) is 4.74 Å². The first-order valence-corrected chi connectivity index (χ1v) is 7.86. The third-order valence-electron chi connectivity index (χ3n) is 3.41. The predicted octanol–water partition coefficient (Wildman–Crippen LogP) is 1.61. The van der Waals surface area contributed by atoms with Crippen LogP contribution in [0, 0.1) is 0 Å². The summed E-state index contributed by atoms with van der Waals surface area (Å²) >= 11 is 1.79. The molecule has 1 N–H and O–H groups in total. The first-order valence-electron chi connectivity index (χ1n) is 6.98. The third-order valence-corrected chi connectivity index (χ3v) is 4.27. The molecule has 2 heterocycles. The summed E-state index contributed by atoms with van der Waals surface area (Å²) in [7, 11) is 1.64. The smallest absolute Gasteiger partial charge is 0.317 e. The molecule has 0 radical (unpaired) electrons. The van der Waals surface area contributed by atoms with Gasteiger partial charge in [0.1, 0.15) is 0 Å². The van der Waals surface area contributed by atoms with E-state index < -0.39 is 0 Å². The topological polar surface area (TPSA) is 44.8 Å². The average Bonchev–Trinajstić information content (AvgIpc) is 2.92. The Morgan fingerprint density at radius 1 is 1.45 bits per heavy atom. The number of nitrogens with one attached hydrogen (secondary N) is 1. The second-order valence-corrected chi connectivity index (χ2v) is 6.18. The zero-order valence-corrected chi connectivity index (χ0v) is 13.0. The van der Waals surface area contributed by atoms with E-state index in [2.05, 4.69) is 27.7 Å². The predicted molar refractivity (Wildman–Crippen MR) is 81.0 cm³/mol. The van der Waals surface area contributed by atoms with Crippen LogP contribution in [0.15, 0.2) is 17.5 Å². The van der Waals surface area contributed by atoms with Crippen molar-refractivity contribution in [2.75, 3.05) is 39.9 Å². The normalized spacial score (nSPS) is 18.0. The first kappa shape index (κ1) is 15.3. The maximum Gasteiger partial charge on any atom is 0.317 e. The number of piperazine rings is 1. The van der Waals surface area contributed by atoms with E-state index in [1.807, 2.05) is 11.8 Å². The molecule has 1 aliphatic heterocycles. The Balaban J connectivity index is 1.72. The Kier molecular flexibility index (Phi) is 5.82. The molecule has 1 fully saturated rings. The molecule has 112 valence electrons. The van der Waals surface area contributed by atoms with Crippen molar-refractivity contribution in [3.8, 4) is 0 Å². The Bertz CT molecular complexity index is 403. The molecule has 1 aliphatic rings. The number of rotatable bonds is 5. The lowest BCUT2D eigenvalue weighted by atomic mass is 10.3. The molecule has 20 heavy (non-hydrogen) atoms. The number of amides is 2. The van der Waals surface area contributed by atoms with Gasteiger partial charge in [0.25, 0.3) is 0 Å². The molecule has 2 amide bonds. The second-order valence-electron chi connectivity index (χ2n) is 5.15. The summed E-state index contributed by atoms with van der Waals surface area (Å²) in [5.41, 5.74) is 0. The third kappa shape index (κ3) is 4.47. The zero-order chi connectivity index (χ0) is 14.4. The van der Waals surface area contributed by atoms with Gasteiger partial charge >= 0.3 is 6.03 Å². The van der Waals surface area contributed by atoms with Crippen molar-refractivity contribution in [3.05, 3.63) is 22.4 Å². The minimum absolute atomic E-state index is 0.0188. The monoisotopic (exact) mass is 297 g/mol. The van der Waals surface area contributed by atoms with Crippen LogP contribution in [0.3, 0.4) is 0 Å². The van der Waals surface area contributed by atoms with Gasteiger partial charge in [0.15, 0.2) is 0 Å². The molecule has 0 aliphatic carbocycles. The van der Waals surface area contributed by atoms with Crippen LogP contribution in [0.2, 0.25) is 0 Å². The number of nitrogens with zero attached hydrogens (tertiary/aromatic N) is 2. The van der Waals surface area contributed by atoms with Gasteiger partial charge in [0, 0.05) is 44.7 Å². The number of urea groups is 1. The highest BCUT2D eigenvalue weighted by Gasteiger charge is 2.22. The molecule has 0 saturated carbocycles. The fourth-order valence-electron chi connectivity index (χ4n) is 2.33. The maximum atomic E-state index is 12.0. The fraction of sp³-hybridized carbons (Fsp3) is 0.643. The van der Waals surface area contributed by atoms with Crippen molar-refractivity contribution in [1.82, 2.24) is 15.1 Å². The number of carbonyl (C=O) groups excluding carboxylic acids is 1. The van der Waals surface area contributed by atoms with Gasteiger partial charge in [-0.1, -0.05) is 6.07 Å². The highest BCUT2D eigenvalue weighted by molar-refractivity contribution is 7.09. The highest BCUT2D eigenvalue weighted by atomic mass is 32.1. The fourth-order valence-corrected chi connectivity index (χ4v) is 3.07. The van der Waals surface area contributed by atoms with Gasteiger partial charge in [-0.15, -0.1) is 11.3 Å². The van der Waals surface area contributed by atoms with Crippen LogP contribution in [0.1, 0.15) is 11.8 Å². The molecule has 2 rings (SSSR count). The number of hydrogen-bond acceptors (Lipinski definition) is 4. The molecule has 1 aromatic heterocycles. The molecule has 1 aromatic rings. The van der Waals surface area contributed by atoms with Crippen molar-refractivity contribution >= 4 is 17.4 Å². The molecule has 1 unspecified atom stereocenters. The average molecular weight is 297 g/mol. The van der Waals surface area contributed by atoms with E-state index in [0.717, 1.165) is 32.7 Å². The summed E-state index contributed by atoms with van der Waals surface area (Å²) in [6, 6.07) is 4.32. The van der Waals surface area contributed by atoms with Gasteiger partial charge < -0.3 is 15.0 Å². The van der Waals surface area contributed by atoms with Gasteiger partial charge in [-0.3, -0.25) is 4.90 Å². The number of hydrogen-bond donors (Lipinski definition) is 1. The van der Waals surface area contributed by atoms with Crippen LogP contribution in [-0.2, 0) is 11.3 Å². The summed E-state index contributed by atoms with van der Waals surface area (Å²) in [6.07, 6.45) is 0. The van der Waals surface area contributed by atoms with E-state index in [1.165, 1.54) is 4.88 Å². The molecule has 0 spiro atoms. The van der Waals surface area contributed by atoms with E-state index in [0.29, 0.717) is 6.61 Å². The number of methoxy groups -OCH3 is 1. The minimum atomic E-state index is 0.0188. The van der Waals surface area contributed by atoms with Crippen LogP contribution >= 0.6 is 11.3 Å². The van der Waals surface area contributed by atoms with Gasteiger partial charge in [0.05, 0.1) is 12.6 Å². The minimum Gasteiger partial charge on any atom is -0.383 e. The summed E-state index contributed by atoms with van der Waals surface area (Å²) in [4.78, 5) is 17.7. The summed E-state index contributed by atoms with van der Waals surface area (Å²) in [6.45, 7) is 6.94. The second kappa shape index (κ2) is 7.61. The lowest BCUT2D eigenvalue weighted by Crippen LogP contribution is -2.53. The Labute approximate surface area is 124 Å². The molecule has 5 nitrogen and oxygen atoms in total. The van der Waals surface area contributed by atoms with Crippen molar-refractivity contribution in [2.24, 2.45) is 0 Å².